The van der Waals surface area contributed by atoms with Gasteiger partial charge in [-0.2, -0.15) is 0 Å². The summed E-state index contributed by atoms with van der Waals surface area (Å²) in [6, 6.07) is 5.93. The van der Waals surface area contributed by atoms with Crippen LogP contribution in [0.15, 0.2) is 24.4 Å². The number of carbonyl (C=O) groups is 1. The van der Waals surface area contributed by atoms with Gasteiger partial charge in [0.25, 0.3) is 0 Å². The van der Waals surface area contributed by atoms with Gasteiger partial charge >= 0.3 is 0 Å². The minimum absolute atomic E-state index is 0.313. The Morgan fingerprint density at radius 2 is 1.83 bits per heavy atom. The van der Waals surface area contributed by atoms with Gasteiger partial charge in [0.2, 0.25) is 5.91 Å². The Labute approximate surface area is 178 Å². The van der Waals surface area contributed by atoms with E-state index < -0.39 is 0 Å². The zero-order valence-electron chi connectivity index (χ0n) is 18.1. The Morgan fingerprint density at radius 1 is 1.07 bits per heavy atom. The Hall–Kier alpha value is -2.70. The van der Waals surface area contributed by atoms with Crippen molar-refractivity contribution in [3.63, 3.8) is 0 Å². The van der Waals surface area contributed by atoms with Gasteiger partial charge in [-0.3, -0.25) is 4.79 Å². The van der Waals surface area contributed by atoms with Gasteiger partial charge in [0.1, 0.15) is 23.3 Å². The van der Waals surface area contributed by atoms with Crippen molar-refractivity contribution in [2.75, 3.05) is 36.4 Å². The van der Waals surface area contributed by atoms with E-state index in [9.17, 15) is 4.79 Å². The van der Waals surface area contributed by atoms with Crippen molar-refractivity contribution in [3.05, 3.63) is 35.8 Å². The second-order valence-corrected chi connectivity index (χ2v) is 8.56. The van der Waals surface area contributed by atoms with E-state index in [0.717, 1.165) is 67.4 Å². The third kappa shape index (κ3) is 5.26. The molecule has 1 aliphatic carbocycles. The van der Waals surface area contributed by atoms with Crippen molar-refractivity contribution in [1.82, 2.24) is 19.9 Å². The molecule has 30 heavy (non-hydrogen) atoms. The summed E-state index contributed by atoms with van der Waals surface area (Å²) in [5, 5.41) is 3.28. The van der Waals surface area contributed by atoms with E-state index in [1.54, 1.807) is 6.20 Å². The summed E-state index contributed by atoms with van der Waals surface area (Å²) in [5.41, 5.74) is 1.15. The Bertz CT molecular complexity index is 872. The van der Waals surface area contributed by atoms with Gasteiger partial charge in [-0.25, -0.2) is 15.0 Å². The highest BCUT2D eigenvalue weighted by Gasteiger charge is 2.24. The number of pyridine rings is 1. The molecule has 1 saturated heterocycles. The number of aryl methyl sites for hydroxylation is 2. The number of piperazine rings is 1. The van der Waals surface area contributed by atoms with E-state index in [0.29, 0.717) is 12.3 Å². The smallest absolute Gasteiger partial charge is 0.222 e. The van der Waals surface area contributed by atoms with E-state index in [1.165, 1.54) is 25.7 Å². The molecule has 2 fully saturated rings. The van der Waals surface area contributed by atoms with E-state index in [2.05, 4.69) is 25.2 Å². The number of nitrogens with one attached hydrogen (secondary N) is 1. The van der Waals surface area contributed by atoms with Crippen LogP contribution in [0.2, 0.25) is 0 Å². The normalized spacial score (nSPS) is 17.4. The average molecular weight is 409 g/mol. The zero-order valence-corrected chi connectivity index (χ0v) is 18.1. The zero-order chi connectivity index (χ0) is 20.9. The van der Waals surface area contributed by atoms with Crippen molar-refractivity contribution in [2.24, 2.45) is 5.92 Å². The molecule has 2 aromatic heterocycles. The van der Waals surface area contributed by atoms with Crippen LogP contribution in [0.1, 0.15) is 49.9 Å². The topological polar surface area (TPSA) is 74.2 Å². The minimum Gasteiger partial charge on any atom is -0.353 e. The first-order valence-corrected chi connectivity index (χ1v) is 11.1. The highest BCUT2D eigenvalue weighted by molar-refractivity contribution is 5.76. The van der Waals surface area contributed by atoms with E-state index >= 15 is 0 Å². The fourth-order valence-electron chi connectivity index (χ4n) is 4.48. The van der Waals surface area contributed by atoms with Crippen LogP contribution in [0.5, 0.6) is 0 Å². The van der Waals surface area contributed by atoms with Crippen LogP contribution in [0, 0.1) is 19.8 Å². The molecule has 2 aromatic rings. The molecule has 0 unspecified atom stereocenters. The van der Waals surface area contributed by atoms with Crippen molar-refractivity contribution in [1.29, 1.82) is 0 Å². The highest BCUT2D eigenvalue weighted by atomic mass is 16.2. The predicted octanol–water partition coefficient (Wildman–Crippen LogP) is 3.85. The molecule has 3 heterocycles. The molecule has 1 N–H and O–H groups in total. The van der Waals surface area contributed by atoms with Crippen LogP contribution in [-0.4, -0.2) is 51.9 Å². The molecule has 160 valence electrons. The van der Waals surface area contributed by atoms with Crippen molar-refractivity contribution in [3.8, 4) is 0 Å². The van der Waals surface area contributed by atoms with Crippen molar-refractivity contribution < 1.29 is 4.79 Å². The van der Waals surface area contributed by atoms with Gasteiger partial charge in [-0.05, 0) is 43.9 Å². The Balaban J connectivity index is 1.33. The summed E-state index contributed by atoms with van der Waals surface area (Å²) in [7, 11) is 0. The maximum absolute atomic E-state index is 12.6. The molecule has 4 rings (SSSR count). The highest BCUT2D eigenvalue weighted by Crippen LogP contribution is 2.29. The molecule has 0 bridgehead atoms. The van der Waals surface area contributed by atoms with Gasteiger partial charge in [-0.1, -0.05) is 25.7 Å². The number of rotatable bonds is 6. The lowest BCUT2D eigenvalue weighted by atomic mass is 10.0. The van der Waals surface area contributed by atoms with Crippen LogP contribution in [-0.2, 0) is 4.79 Å². The fourth-order valence-corrected chi connectivity index (χ4v) is 4.48. The molecule has 7 heteroatoms. The summed E-state index contributed by atoms with van der Waals surface area (Å²) in [4.78, 5) is 30.3. The quantitative estimate of drug-likeness (QED) is 0.783. The number of hydrogen-bond donors (Lipinski definition) is 1. The molecule has 1 saturated carbocycles. The monoisotopic (exact) mass is 408 g/mol. The molecular formula is C23H32N6O. The molecule has 2 aliphatic rings. The van der Waals surface area contributed by atoms with Crippen molar-refractivity contribution in [2.45, 2.75) is 52.4 Å². The molecule has 1 aliphatic heterocycles. The first kappa shape index (κ1) is 20.6. The Morgan fingerprint density at radius 3 is 2.57 bits per heavy atom. The third-order valence-corrected chi connectivity index (χ3v) is 6.19. The molecule has 0 radical (unpaired) electrons. The number of anilines is 3. The van der Waals surface area contributed by atoms with E-state index in [1.807, 2.05) is 36.9 Å². The number of hydrogen-bond acceptors (Lipinski definition) is 6. The number of nitrogens with zero attached hydrogens (tertiary/aromatic N) is 5. The average Bonchev–Trinajstić information content (AvgIpc) is 3.25. The number of amides is 1. The second-order valence-electron chi connectivity index (χ2n) is 8.56. The molecule has 0 aromatic carbocycles. The lowest BCUT2D eigenvalue weighted by molar-refractivity contribution is -0.131. The fraction of sp³-hybridized carbons (Fsp3) is 0.565. The lowest BCUT2D eigenvalue weighted by Crippen LogP contribution is -2.49. The van der Waals surface area contributed by atoms with Gasteiger partial charge in [0.15, 0.2) is 0 Å². The standard InChI is InChI=1S/C23H32N6O/c1-17-9-10-24-20(15-17)27-21-16-22(26-18(2)25-21)28-11-13-29(14-12-28)23(30)8-7-19-5-3-4-6-19/h9-10,15-16,19H,3-8,11-14H2,1-2H3,(H,24,25,26,27). The van der Waals surface area contributed by atoms with Gasteiger partial charge in [-0.15, -0.1) is 0 Å². The first-order chi connectivity index (χ1) is 14.6. The second kappa shape index (κ2) is 9.41. The molecular weight excluding hydrogens is 376 g/mol. The van der Waals surface area contributed by atoms with Crippen molar-refractivity contribution >= 4 is 23.4 Å². The molecule has 0 atom stereocenters. The summed E-state index contributed by atoms with van der Waals surface area (Å²) >= 11 is 0. The van der Waals surface area contributed by atoms with E-state index in [-0.39, 0.29) is 0 Å². The van der Waals surface area contributed by atoms with Gasteiger partial charge < -0.3 is 15.1 Å². The number of carbonyl (C=O) groups excluding carboxylic acids is 1. The van der Waals surface area contributed by atoms with Gasteiger partial charge in [0, 0.05) is 44.9 Å². The summed E-state index contributed by atoms with van der Waals surface area (Å²) < 4.78 is 0. The summed E-state index contributed by atoms with van der Waals surface area (Å²) in [5.74, 6) is 4.22. The summed E-state index contributed by atoms with van der Waals surface area (Å²) in [6.45, 7) is 7.06. The van der Waals surface area contributed by atoms with Crippen LogP contribution >= 0.6 is 0 Å². The third-order valence-electron chi connectivity index (χ3n) is 6.19. The molecule has 1 amide bonds. The van der Waals surface area contributed by atoms with Crippen LogP contribution in [0.4, 0.5) is 17.5 Å². The maximum atomic E-state index is 12.6. The minimum atomic E-state index is 0.313. The summed E-state index contributed by atoms with van der Waals surface area (Å²) in [6.07, 6.45) is 8.85. The molecule has 7 nitrogen and oxygen atoms in total. The van der Waals surface area contributed by atoms with Gasteiger partial charge in [0.05, 0.1) is 0 Å². The lowest BCUT2D eigenvalue weighted by Gasteiger charge is -2.35. The van der Waals surface area contributed by atoms with Crippen LogP contribution in [0.25, 0.3) is 0 Å². The van der Waals surface area contributed by atoms with Crippen LogP contribution in [0.3, 0.4) is 0 Å². The van der Waals surface area contributed by atoms with E-state index in [4.69, 9.17) is 0 Å². The maximum Gasteiger partial charge on any atom is 0.222 e. The number of aromatic nitrogens is 3. The SMILES string of the molecule is Cc1ccnc(Nc2cc(N3CCN(C(=O)CCC4CCCC4)CC3)nc(C)n2)c1. The Kier molecular flexibility index (Phi) is 6.45. The molecule has 0 spiro atoms. The van der Waals surface area contributed by atoms with Crippen LogP contribution < -0.4 is 10.2 Å². The first-order valence-electron chi connectivity index (χ1n) is 11.1. The largest absolute Gasteiger partial charge is 0.353 e. The predicted molar refractivity (Wildman–Crippen MR) is 119 cm³/mol.